The lowest BCUT2D eigenvalue weighted by atomic mass is 9.43. The number of hydrogen-bond donors (Lipinski definition) is 1. The van der Waals surface area contributed by atoms with Crippen LogP contribution in [-0.4, -0.2) is 42.3 Å². The summed E-state index contributed by atoms with van der Waals surface area (Å²) in [7, 11) is -0.558. The summed E-state index contributed by atoms with van der Waals surface area (Å²) in [4.78, 5) is 17.5. The third kappa shape index (κ3) is 6.50. The van der Waals surface area contributed by atoms with Crippen molar-refractivity contribution in [3.63, 3.8) is 0 Å². The van der Waals surface area contributed by atoms with E-state index in [-0.39, 0.29) is 53.7 Å². The second kappa shape index (κ2) is 12.9. The van der Waals surface area contributed by atoms with Crippen molar-refractivity contribution in [2.75, 3.05) is 6.61 Å². The molecular weight excluding hydrogens is 568 g/mol. The number of amides is 1. The number of rotatable bonds is 12. The Morgan fingerprint density at radius 3 is 2.67 bits per heavy atom. The summed E-state index contributed by atoms with van der Waals surface area (Å²) >= 11 is 0. The smallest absolute Gasteiger partial charge is 0.482 e. The molecule has 3 aliphatic carbocycles. The first kappa shape index (κ1) is 31.3. The first-order valence-electron chi connectivity index (χ1n) is 16.1. The maximum Gasteiger partial charge on any atom is 0.482 e. The summed E-state index contributed by atoms with van der Waals surface area (Å²) in [6.07, 6.45) is 5.55. The van der Waals surface area contributed by atoms with Gasteiger partial charge in [-0.2, -0.15) is 5.26 Å². The van der Waals surface area contributed by atoms with Crippen LogP contribution in [0.4, 0.5) is 4.39 Å². The molecule has 3 saturated carbocycles. The molecule has 234 valence electrons. The summed E-state index contributed by atoms with van der Waals surface area (Å²) in [6.45, 7) is 6.86. The van der Waals surface area contributed by atoms with Crippen LogP contribution in [0.2, 0.25) is 0 Å². The number of benzene rings is 2. The van der Waals surface area contributed by atoms with Crippen LogP contribution in [0.15, 0.2) is 72.9 Å². The van der Waals surface area contributed by atoms with Crippen LogP contribution < -0.4 is 10.1 Å². The zero-order chi connectivity index (χ0) is 31.6. The van der Waals surface area contributed by atoms with Gasteiger partial charge in [0.15, 0.2) is 11.6 Å². The zero-order valence-corrected chi connectivity index (χ0v) is 26.2. The van der Waals surface area contributed by atoms with Crippen LogP contribution >= 0.6 is 0 Å². The molecule has 7 rings (SSSR count). The highest BCUT2D eigenvalue weighted by Crippen LogP contribution is 2.65. The second-order valence-corrected chi connectivity index (χ2v) is 13.5. The number of hydrogen-bond acceptors (Lipinski definition) is 6. The average molecular weight is 610 g/mol. The second-order valence-electron chi connectivity index (χ2n) is 13.5. The van der Waals surface area contributed by atoms with E-state index >= 15 is 0 Å². The summed E-state index contributed by atoms with van der Waals surface area (Å²) in [5.41, 5.74) is 2.50. The number of aryl methyl sites for hydroxylation is 1. The van der Waals surface area contributed by atoms with Gasteiger partial charge >= 0.3 is 7.12 Å². The molecule has 4 aliphatic rings. The number of nitriles is 1. The maximum atomic E-state index is 14.6. The minimum Gasteiger partial charge on any atom is -0.490 e. The lowest BCUT2D eigenvalue weighted by Crippen LogP contribution is -2.65. The highest BCUT2D eigenvalue weighted by atomic mass is 19.1. The van der Waals surface area contributed by atoms with Gasteiger partial charge in [0.2, 0.25) is 5.91 Å². The number of halogens is 1. The lowest BCUT2D eigenvalue weighted by molar-refractivity contribution is -0.199. The van der Waals surface area contributed by atoms with E-state index in [1.54, 1.807) is 18.3 Å². The van der Waals surface area contributed by atoms with Crippen LogP contribution in [0, 0.1) is 34.4 Å². The highest BCUT2D eigenvalue weighted by molar-refractivity contribution is 6.48. The van der Waals surface area contributed by atoms with E-state index in [0.717, 1.165) is 29.7 Å². The standard InChI is InChI=1S/C36H41BFN3O4/c1-35(2)27-21-31(35)36(3)32(22-27)44-37(45-36)33(20-24-9-5-4-6-10-24)41-34(42)16-18-43-30-19-25(13-15-28(30)38)12-14-26(23-39)29-11-7-8-17-40-29/h4-11,13,15,17,19,26-27,31-33H,12,14,16,18,20-22H2,1-3H3,(H,41,42)/t26?,27-,31-,32+,33-,36-/m0/s1. The van der Waals surface area contributed by atoms with Crippen molar-refractivity contribution in [1.82, 2.24) is 10.3 Å². The average Bonchev–Trinajstić information content (AvgIpc) is 3.40. The van der Waals surface area contributed by atoms with Crippen molar-refractivity contribution in [3.05, 3.63) is 95.6 Å². The molecule has 0 spiro atoms. The van der Waals surface area contributed by atoms with E-state index in [0.29, 0.717) is 31.1 Å². The van der Waals surface area contributed by atoms with Gasteiger partial charge in [0.25, 0.3) is 0 Å². The van der Waals surface area contributed by atoms with Crippen molar-refractivity contribution in [2.45, 2.75) is 82.9 Å². The lowest BCUT2D eigenvalue weighted by Gasteiger charge is -2.64. The first-order chi connectivity index (χ1) is 21.7. The molecule has 1 N–H and O–H groups in total. The van der Waals surface area contributed by atoms with Gasteiger partial charge in [-0.15, -0.1) is 0 Å². The third-order valence-corrected chi connectivity index (χ3v) is 10.4. The summed E-state index contributed by atoms with van der Waals surface area (Å²) in [5, 5.41) is 12.8. The Bertz CT molecular complexity index is 1530. The van der Waals surface area contributed by atoms with E-state index in [1.165, 1.54) is 6.07 Å². The van der Waals surface area contributed by atoms with Gasteiger partial charge in [-0.3, -0.25) is 9.78 Å². The fraction of sp³-hybridized carbons (Fsp3) is 0.472. The van der Waals surface area contributed by atoms with E-state index in [2.05, 4.69) is 37.1 Å². The number of carbonyl (C=O) groups is 1. The molecule has 1 amide bonds. The highest BCUT2D eigenvalue weighted by Gasteiger charge is 2.68. The number of carbonyl (C=O) groups excluding carboxylic acids is 1. The molecule has 0 radical (unpaired) electrons. The Hall–Kier alpha value is -3.74. The van der Waals surface area contributed by atoms with Crippen molar-refractivity contribution in [3.8, 4) is 11.8 Å². The third-order valence-electron chi connectivity index (χ3n) is 10.4. The summed E-state index contributed by atoms with van der Waals surface area (Å²) in [6, 6.07) is 22.5. The zero-order valence-electron chi connectivity index (χ0n) is 26.2. The van der Waals surface area contributed by atoms with Crippen molar-refractivity contribution in [2.24, 2.45) is 17.3 Å². The number of ether oxygens (including phenoxy) is 1. The SMILES string of the molecule is CC1(C)[C@@H]2C[C@H]3OB([C@H](Cc4ccccc4)NC(=O)CCOc4cc(CCC(C#N)c5ccccn5)ccc4F)O[C@@]3(C)[C@H]1C2. The molecular formula is C36H41BFN3O4. The number of nitrogens with one attached hydrogen (secondary N) is 1. The molecule has 2 aromatic carbocycles. The van der Waals surface area contributed by atoms with Gasteiger partial charge in [-0.25, -0.2) is 4.39 Å². The Morgan fingerprint density at radius 1 is 1.13 bits per heavy atom. The maximum absolute atomic E-state index is 14.6. The van der Waals surface area contributed by atoms with Crippen molar-refractivity contribution < 1.29 is 23.2 Å². The van der Waals surface area contributed by atoms with Gasteiger partial charge in [0, 0.05) is 6.20 Å². The van der Waals surface area contributed by atoms with E-state index < -0.39 is 12.9 Å². The van der Waals surface area contributed by atoms with Crippen LogP contribution in [0.1, 0.15) is 69.2 Å². The molecule has 9 heteroatoms. The molecule has 4 fully saturated rings. The van der Waals surface area contributed by atoms with E-state index in [4.69, 9.17) is 14.0 Å². The summed E-state index contributed by atoms with van der Waals surface area (Å²) < 4.78 is 33.6. The Labute approximate surface area is 265 Å². The first-order valence-corrected chi connectivity index (χ1v) is 16.1. The quantitative estimate of drug-likeness (QED) is 0.245. The molecule has 7 nitrogen and oxygen atoms in total. The fourth-order valence-electron chi connectivity index (χ4n) is 7.67. The summed E-state index contributed by atoms with van der Waals surface area (Å²) in [5.74, 6) is -0.293. The van der Waals surface area contributed by atoms with Gasteiger partial charge < -0.3 is 19.4 Å². The normalized spacial score (nSPS) is 25.8. The van der Waals surface area contributed by atoms with Gasteiger partial charge in [-0.1, -0.05) is 56.3 Å². The van der Waals surface area contributed by atoms with Crippen LogP contribution in [0.25, 0.3) is 0 Å². The molecule has 1 aromatic heterocycles. The molecule has 3 aromatic rings. The predicted molar refractivity (Wildman–Crippen MR) is 170 cm³/mol. The van der Waals surface area contributed by atoms with Gasteiger partial charge in [0.05, 0.1) is 48.4 Å². The Morgan fingerprint density at radius 2 is 1.93 bits per heavy atom. The molecule has 45 heavy (non-hydrogen) atoms. The Kier molecular flexibility index (Phi) is 8.99. The monoisotopic (exact) mass is 609 g/mol. The van der Waals surface area contributed by atoms with Gasteiger partial charge in [0.1, 0.15) is 0 Å². The van der Waals surface area contributed by atoms with Crippen molar-refractivity contribution >= 4 is 13.0 Å². The van der Waals surface area contributed by atoms with Crippen LogP contribution in [0.3, 0.4) is 0 Å². The minimum atomic E-state index is -0.558. The van der Waals surface area contributed by atoms with Gasteiger partial charge in [-0.05, 0) is 91.7 Å². The molecule has 1 unspecified atom stereocenters. The molecule has 6 atom stereocenters. The van der Waals surface area contributed by atoms with Crippen molar-refractivity contribution in [1.29, 1.82) is 5.26 Å². The molecule has 2 bridgehead atoms. The number of aromatic nitrogens is 1. The van der Waals surface area contributed by atoms with E-state index in [1.807, 2.05) is 48.5 Å². The fourth-order valence-corrected chi connectivity index (χ4v) is 7.67. The molecule has 2 heterocycles. The Balaban J connectivity index is 1.06. The predicted octanol–water partition coefficient (Wildman–Crippen LogP) is 6.22. The van der Waals surface area contributed by atoms with Crippen LogP contribution in [0.5, 0.6) is 5.75 Å². The van der Waals surface area contributed by atoms with E-state index in [9.17, 15) is 14.4 Å². The molecule has 1 saturated heterocycles. The number of nitrogens with zero attached hydrogens (tertiary/aromatic N) is 2. The molecule has 1 aliphatic heterocycles. The van der Waals surface area contributed by atoms with Crippen LogP contribution in [-0.2, 0) is 26.9 Å². The topological polar surface area (TPSA) is 93.5 Å². The minimum absolute atomic E-state index is 0.0143. The number of pyridine rings is 1. The largest absolute Gasteiger partial charge is 0.490 e.